The van der Waals surface area contributed by atoms with Crippen molar-refractivity contribution < 1.29 is 19.0 Å². The maximum atomic E-state index is 12.4. The molecule has 6 nitrogen and oxygen atoms in total. The summed E-state index contributed by atoms with van der Waals surface area (Å²) < 4.78 is 15.8. The van der Waals surface area contributed by atoms with Crippen LogP contribution in [0.2, 0.25) is 0 Å². The number of methoxy groups -OCH3 is 3. The van der Waals surface area contributed by atoms with Crippen LogP contribution in [0.4, 0.5) is 16.2 Å². The van der Waals surface area contributed by atoms with Gasteiger partial charge in [-0.15, -0.1) is 0 Å². The van der Waals surface area contributed by atoms with E-state index in [-0.39, 0.29) is 11.4 Å². The van der Waals surface area contributed by atoms with E-state index in [2.05, 4.69) is 31.4 Å². The molecule has 2 rings (SSSR count). The van der Waals surface area contributed by atoms with Crippen molar-refractivity contribution in [2.24, 2.45) is 0 Å². The van der Waals surface area contributed by atoms with Gasteiger partial charge in [-0.1, -0.05) is 26.8 Å². The molecule has 0 aromatic heterocycles. The molecule has 0 unspecified atom stereocenters. The van der Waals surface area contributed by atoms with Gasteiger partial charge in [0.05, 0.1) is 27.0 Å². The summed E-state index contributed by atoms with van der Waals surface area (Å²) in [6.07, 6.45) is 0. The molecule has 2 amide bonds. The number of amides is 2. The average Bonchev–Trinajstić information content (AvgIpc) is 2.60. The second kappa shape index (κ2) is 7.99. The van der Waals surface area contributed by atoms with Crippen molar-refractivity contribution in [3.05, 3.63) is 42.0 Å². The molecule has 2 N–H and O–H groups in total. The number of hydrogen-bond donors (Lipinski definition) is 2. The number of hydrogen-bond acceptors (Lipinski definition) is 4. The van der Waals surface area contributed by atoms with Gasteiger partial charge in [-0.05, 0) is 35.2 Å². The van der Waals surface area contributed by atoms with Crippen molar-refractivity contribution in [3.8, 4) is 17.2 Å². The average molecular weight is 358 g/mol. The third-order valence-corrected chi connectivity index (χ3v) is 3.96. The number of ether oxygens (including phenoxy) is 3. The van der Waals surface area contributed by atoms with Gasteiger partial charge in [-0.25, -0.2) is 4.79 Å². The standard InChI is InChI=1S/C20H26N2O4/c1-20(2,3)13-7-9-16(24-4)15(11-13)22-19(23)21-14-8-10-17(25-5)18(12-14)26-6/h7-12H,1-6H3,(H2,21,22,23). The van der Waals surface area contributed by atoms with Crippen LogP contribution in [0, 0.1) is 0 Å². The summed E-state index contributed by atoms with van der Waals surface area (Å²) in [5.41, 5.74) is 2.26. The van der Waals surface area contributed by atoms with Gasteiger partial charge in [0.1, 0.15) is 5.75 Å². The first-order valence-corrected chi connectivity index (χ1v) is 8.27. The van der Waals surface area contributed by atoms with Crippen LogP contribution in [0.15, 0.2) is 36.4 Å². The zero-order valence-corrected chi connectivity index (χ0v) is 16.1. The Morgan fingerprint density at radius 1 is 0.808 bits per heavy atom. The zero-order chi connectivity index (χ0) is 19.3. The Kier molecular flexibility index (Phi) is 5.97. The Morgan fingerprint density at radius 2 is 1.42 bits per heavy atom. The van der Waals surface area contributed by atoms with Crippen LogP contribution < -0.4 is 24.8 Å². The number of carbonyl (C=O) groups is 1. The van der Waals surface area contributed by atoms with Crippen molar-refractivity contribution in [1.29, 1.82) is 0 Å². The molecule has 140 valence electrons. The molecule has 0 aliphatic carbocycles. The third kappa shape index (κ3) is 4.59. The maximum absolute atomic E-state index is 12.4. The van der Waals surface area contributed by atoms with Crippen LogP contribution in [-0.2, 0) is 5.41 Å². The number of nitrogens with one attached hydrogen (secondary N) is 2. The lowest BCUT2D eigenvalue weighted by molar-refractivity contribution is 0.262. The minimum Gasteiger partial charge on any atom is -0.495 e. The summed E-state index contributed by atoms with van der Waals surface area (Å²) in [6, 6.07) is 10.6. The molecule has 0 spiro atoms. The fourth-order valence-corrected chi connectivity index (χ4v) is 2.47. The SMILES string of the molecule is COc1ccc(C(C)(C)C)cc1NC(=O)Nc1ccc(OC)c(OC)c1. The minimum absolute atomic E-state index is 0.0392. The van der Waals surface area contributed by atoms with Gasteiger partial charge in [0.2, 0.25) is 0 Å². The Bertz CT molecular complexity index is 782. The Morgan fingerprint density at radius 3 is 2.00 bits per heavy atom. The van der Waals surface area contributed by atoms with Crippen LogP contribution in [0.1, 0.15) is 26.3 Å². The molecule has 0 bridgehead atoms. The van der Waals surface area contributed by atoms with Crippen molar-refractivity contribution >= 4 is 17.4 Å². The zero-order valence-electron chi connectivity index (χ0n) is 16.1. The number of anilines is 2. The van der Waals surface area contributed by atoms with Gasteiger partial charge in [-0.3, -0.25) is 0 Å². The van der Waals surface area contributed by atoms with E-state index in [1.807, 2.05) is 18.2 Å². The highest BCUT2D eigenvalue weighted by molar-refractivity contribution is 6.01. The lowest BCUT2D eigenvalue weighted by atomic mass is 9.87. The lowest BCUT2D eigenvalue weighted by Crippen LogP contribution is -2.20. The van der Waals surface area contributed by atoms with Gasteiger partial charge in [0, 0.05) is 11.8 Å². The quantitative estimate of drug-likeness (QED) is 0.816. The second-order valence-electron chi connectivity index (χ2n) is 6.81. The first-order chi connectivity index (χ1) is 12.3. The molecule has 26 heavy (non-hydrogen) atoms. The molecule has 2 aromatic carbocycles. The van der Waals surface area contributed by atoms with E-state index in [1.165, 1.54) is 0 Å². The summed E-state index contributed by atoms with van der Waals surface area (Å²) in [7, 11) is 4.68. The van der Waals surface area contributed by atoms with Crippen molar-refractivity contribution in [2.45, 2.75) is 26.2 Å². The summed E-state index contributed by atoms with van der Waals surface area (Å²) in [6.45, 7) is 6.34. The summed E-state index contributed by atoms with van der Waals surface area (Å²) >= 11 is 0. The number of urea groups is 1. The molecule has 0 heterocycles. The van der Waals surface area contributed by atoms with Crippen LogP contribution in [0.25, 0.3) is 0 Å². The molecule has 0 aliphatic heterocycles. The molecule has 0 aliphatic rings. The molecular weight excluding hydrogens is 332 g/mol. The van der Waals surface area contributed by atoms with Gasteiger partial charge in [-0.2, -0.15) is 0 Å². The number of carbonyl (C=O) groups excluding carboxylic acids is 1. The van der Waals surface area contributed by atoms with Crippen molar-refractivity contribution in [3.63, 3.8) is 0 Å². The summed E-state index contributed by atoms with van der Waals surface area (Å²) in [5.74, 6) is 1.73. The normalized spacial score (nSPS) is 10.8. The highest BCUT2D eigenvalue weighted by Gasteiger charge is 2.17. The van der Waals surface area contributed by atoms with Crippen LogP contribution in [0.5, 0.6) is 17.2 Å². The molecule has 0 atom stereocenters. The predicted molar refractivity (Wildman–Crippen MR) is 104 cm³/mol. The molecule has 6 heteroatoms. The van der Waals surface area contributed by atoms with E-state index in [0.29, 0.717) is 28.6 Å². The Labute approximate surface area is 154 Å². The van der Waals surface area contributed by atoms with E-state index < -0.39 is 0 Å². The minimum atomic E-state index is -0.374. The van der Waals surface area contributed by atoms with E-state index in [1.54, 1.807) is 39.5 Å². The number of rotatable bonds is 5. The molecular formula is C20H26N2O4. The topological polar surface area (TPSA) is 68.8 Å². The smallest absolute Gasteiger partial charge is 0.323 e. The molecule has 0 saturated carbocycles. The van der Waals surface area contributed by atoms with E-state index in [0.717, 1.165) is 5.56 Å². The maximum Gasteiger partial charge on any atom is 0.323 e. The van der Waals surface area contributed by atoms with Crippen LogP contribution in [0.3, 0.4) is 0 Å². The van der Waals surface area contributed by atoms with Gasteiger partial charge < -0.3 is 24.8 Å². The lowest BCUT2D eigenvalue weighted by Gasteiger charge is -2.21. The summed E-state index contributed by atoms with van der Waals surface area (Å²) in [4.78, 5) is 12.4. The highest BCUT2D eigenvalue weighted by Crippen LogP contribution is 2.32. The number of benzene rings is 2. The van der Waals surface area contributed by atoms with E-state index >= 15 is 0 Å². The first-order valence-electron chi connectivity index (χ1n) is 8.27. The molecule has 0 fully saturated rings. The first kappa shape index (κ1) is 19.4. The van der Waals surface area contributed by atoms with E-state index in [9.17, 15) is 4.79 Å². The van der Waals surface area contributed by atoms with Crippen molar-refractivity contribution in [1.82, 2.24) is 0 Å². The van der Waals surface area contributed by atoms with Gasteiger partial charge in [0.25, 0.3) is 0 Å². The van der Waals surface area contributed by atoms with E-state index in [4.69, 9.17) is 14.2 Å². The van der Waals surface area contributed by atoms with Crippen LogP contribution in [-0.4, -0.2) is 27.4 Å². The summed E-state index contributed by atoms with van der Waals surface area (Å²) in [5, 5.41) is 5.63. The third-order valence-electron chi connectivity index (χ3n) is 3.96. The molecule has 2 aromatic rings. The van der Waals surface area contributed by atoms with Gasteiger partial charge >= 0.3 is 6.03 Å². The molecule has 0 radical (unpaired) electrons. The molecule has 0 saturated heterocycles. The predicted octanol–water partition coefficient (Wildman–Crippen LogP) is 4.65. The fourth-order valence-electron chi connectivity index (χ4n) is 2.47. The highest BCUT2D eigenvalue weighted by atomic mass is 16.5. The van der Waals surface area contributed by atoms with Crippen LogP contribution >= 0.6 is 0 Å². The van der Waals surface area contributed by atoms with Gasteiger partial charge in [0.15, 0.2) is 11.5 Å². The fraction of sp³-hybridized carbons (Fsp3) is 0.350. The Balaban J connectivity index is 2.19. The van der Waals surface area contributed by atoms with Crippen molar-refractivity contribution in [2.75, 3.05) is 32.0 Å². The monoisotopic (exact) mass is 358 g/mol. The Hall–Kier alpha value is -2.89. The largest absolute Gasteiger partial charge is 0.495 e. The second-order valence-corrected chi connectivity index (χ2v) is 6.81.